The third kappa shape index (κ3) is 4.01. The Bertz CT molecular complexity index is 221. The summed E-state index contributed by atoms with van der Waals surface area (Å²) >= 11 is 0. The largest absolute Gasteiger partial charge is 0.377 e. The maximum absolute atomic E-state index is 10.5. The van der Waals surface area contributed by atoms with Gasteiger partial charge in [0.2, 0.25) is 0 Å². The van der Waals surface area contributed by atoms with Crippen LogP contribution in [0.4, 0.5) is 0 Å². The standard InChI is InChI=1S/C6H14N2O3S/c7-12(9,10)8-5-6-3-1-2-4-11-6/h6,8H,1-5H2,(H2,7,9,10)/t6-/m0/s1. The number of nitrogens with one attached hydrogen (secondary N) is 1. The number of ether oxygens (including phenoxy) is 1. The average Bonchev–Trinajstić information content (AvgIpc) is 2.02. The van der Waals surface area contributed by atoms with Crippen LogP contribution in [0.2, 0.25) is 0 Å². The minimum absolute atomic E-state index is 0.00271. The fourth-order valence-corrected chi connectivity index (χ4v) is 1.60. The van der Waals surface area contributed by atoms with Crippen molar-refractivity contribution in [2.45, 2.75) is 25.4 Å². The molecule has 0 spiro atoms. The van der Waals surface area contributed by atoms with E-state index in [0.717, 1.165) is 25.9 Å². The van der Waals surface area contributed by atoms with Crippen LogP contribution >= 0.6 is 0 Å². The van der Waals surface area contributed by atoms with Gasteiger partial charge in [-0.15, -0.1) is 0 Å². The first-order chi connectivity index (χ1) is 5.58. The Morgan fingerprint density at radius 1 is 1.50 bits per heavy atom. The van der Waals surface area contributed by atoms with Gasteiger partial charge in [0.15, 0.2) is 0 Å². The molecule has 3 N–H and O–H groups in total. The van der Waals surface area contributed by atoms with Crippen molar-refractivity contribution < 1.29 is 13.2 Å². The molecule has 1 saturated heterocycles. The zero-order valence-electron chi connectivity index (χ0n) is 6.82. The van der Waals surface area contributed by atoms with Gasteiger partial charge in [0.25, 0.3) is 10.2 Å². The molecule has 1 heterocycles. The highest BCUT2D eigenvalue weighted by Gasteiger charge is 2.14. The smallest absolute Gasteiger partial charge is 0.274 e. The maximum Gasteiger partial charge on any atom is 0.274 e. The zero-order valence-corrected chi connectivity index (χ0v) is 7.64. The molecule has 0 aliphatic carbocycles. The van der Waals surface area contributed by atoms with E-state index in [4.69, 9.17) is 9.88 Å². The molecule has 0 aromatic heterocycles. The minimum atomic E-state index is -3.55. The van der Waals surface area contributed by atoms with Crippen molar-refractivity contribution in [3.8, 4) is 0 Å². The molecule has 5 nitrogen and oxygen atoms in total. The summed E-state index contributed by atoms with van der Waals surface area (Å²) in [6, 6.07) is 0. The van der Waals surface area contributed by atoms with Crippen LogP contribution in [0.3, 0.4) is 0 Å². The van der Waals surface area contributed by atoms with Gasteiger partial charge < -0.3 is 4.74 Å². The zero-order chi connectivity index (χ0) is 9.03. The second-order valence-electron chi connectivity index (χ2n) is 2.88. The highest BCUT2D eigenvalue weighted by atomic mass is 32.2. The molecule has 0 amide bonds. The molecule has 1 fully saturated rings. The van der Waals surface area contributed by atoms with Gasteiger partial charge in [-0.2, -0.15) is 13.1 Å². The lowest BCUT2D eigenvalue weighted by molar-refractivity contribution is 0.0200. The predicted molar refractivity (Wildman–Crippen MR) is 44.7 cm³/mol. The lowest BCUT2D eigenvalue weighted by atomic mass is 10.1. The van der Waals surface area contributed by atoms with Crippen LogP contribution in [0.25, 0.3) is 0 Å². The number of rotatable bonds is 3. The molecule has 1 atom stereocenters. The molecule has 0 radical (unpaired) electrons. The second-order valence-corrected chi connectivity index (χ2v) is 4.26. The first-order valence-corrected chi connectivity index (χ1v) is 5.51. The highest BCUT2D eigenvalue weighted by molar-refractivity contribution is 7.87. The van der Waals surface area contributed by atoms with Crippen LogP contribution in [-0.2, 0) is 14.9 Å². The number of hydrogen-bond acceptors (Lipinski definition) is 3. The minimum Gasteiger partial charge on any atom is -0.377 e. The van der Waals surface area contributed by atoms with Gasteiger partial charge >= 0.3 is 0 Å². The molecule has 6 heteroatoms. The molecular formula is C6H14N2O3S. The Labute approximate surface area is 72.5 Å². The Morgan fingerprint density at radius 2 is 2.25 bits per heavy atom. The summed E-state index contributed by atoms with van der Waals surface area (Å²) in [6.45, 7) is 1.01. The van der Waals surface area contributed by atoms with Gasteiger partial charge in [-0.25, -0.2) is 5.14 Å². The van der Waals surface area contributed by atoms with Crippen LogP contribution in [0.15, 0.2) is 0 Å². The monoisotopic (exact) mass is 194 g/mol. The summed E-state index contributed by atoms with van der Waals surface area (Å²) in [4.78, 5) is 0. The van der Waals surface area contributed by atoms with E-state index in [1.807, 2.05) is 0 Å². The van der Waals surface area contributed by atoms with Gasteiger partial charge in [-0.3, -0.25) is 0 Å². The SMILES string of the molecule is NS(=O)(=O)NC[C@@H]1CCCCO1. The molecule has 72 valence electrons. The van der Waals surface area contributed by atoms with Gasteiger partial charge in [0.05, 0.1) is 6.10 Å². The summed E-state index contributed by atoms with van der Waals surface area (Å²) in [7, 11) is -3.55. The van der Waals surface area contributed by atoms with Crippen molar-refractivity contribution in [1.82, 2.24) is 4.72 Å². The molecule has 0 unspecified atom stereocenters. The Hall–Kier alpha value is -0.170. The molecule has 1 aliphatic rings. The summed E-state index contributed by atoms with van der Waals surface area (Å²) in [5, 5.41) is 4.76. The summed E-state index contributed by atoms with van der Waals surface area (Å²) in [5.41, 5.74) is 0. The average molecular weight is 194 g/mol. The van der Waals surface area contributed by atoms with Crippen LogP contribution in [0.1, 0.15) is 19.3 Å². The van der Waals surface area contributed by atoms with Crippen molar-refractivity contribution >= 4 is 10.2 Å². The molecule has 12 heavy (non-hydrogen) atoms. The van der Waals surface area contributed by atoms with E-state index in [1.165, 1.54) is 0 Å². The first-order valence-electron chi connectivity index (χ1n) is 3.97. The number of nitrogens with two attached hydrogens (primary N) is 1. The second kappa shape index (κ2) is 4.18. The van der Waals surface area contributed by atoms with E-state index in [2.05, 4.69) is 4.72 Å². The van der Waals surface area contributed by atoms with Crippen LogP contribution in [0, 0.1) is 0 Å². The molecule has 0 aromatic carbocycles. The Balaban J connectivity index is 2.22. The molecule has 1 rings (SSSR count). The van der Waals surface area contributed by atoms with E-state index in [9.17, 15) is 8.42 Å². The highest BCUT2D eigenvalue weighted by Crippen LogP contribution is 2.11. The quantitative estimate of drug-likeness (QED) is 0.626. The van der Waals surface area contributed by atoms with Gasteiger partial charge in [0.1, 0.15) is 0 Å². The summed E-state index contributed by atoms with van der Waals surface area (Å²) in [6.07, 6.45) is 3.06. The first kappa shape index (κ1) is 9.91. The normalized spacial score (nSPS) is 25.6. The van der Waals surface area contributed by atoms with Crippen LogP contribution < -0.4 is 9.86 Å². The maximum atomic E-state index is 10.5. The van der Waals surface area contributed by atoms with Crippen molar-refractivity contribution in [2.24, 2.45) is 5.14 Å². The van der Waals surface area contributed by atoms with Crippen LogP contribution in [-0.4, -0.2) is 27.7 Å². The van der Waals surface area contributed by atoms with Gasteiger partial charge in [-0.1, -0.05) is 0 Å². The fraction of sp³-hybridized carbons (Fsp3) is 1.00. The Kier molecular flexibility index (Phi) is 3.45. The topological polar surface area (TPSA) is 81.4 Å². The predicted octanol–water partition coefficient (Wildman–Crippen LogP) is -0.651. The summed E-state index contributed by atoms with van der Waals surface area (Å²) < 4.78 is 28.5. The number of hydrogen-bond donors (Lipinski definition) is 2. The third-order valence-electron chi connectivity index (χ3n) is 1.79. The van der Waals surface area contributed by atoms with Gasteiger partial charge in [-0.05, 0) is 19.3 Å². The Morgan fingerprint density at radius 3 is 2.75 bits per heavy atom. The van der Waals surface area contributed by atoms with E-state index in [1.54, 1.807) is 0 Å². The molecular weight excluding hydrogens is 180 g/mol. The van der Waals surface area contributed by atoms with E-state index < -0.39 is 10.2 Å². The van der Waals surface area contributed by atoms with Crippen molar-refractivity contribution in [1.29, 1.82) is 0 Å². The van der Waals surface area contributed by atoms with E-state index in [-0.39, 0.29) is 6.10 Å². The lowest BCUT2D eigenvalue weighted by Crippen LogP contribution is -2.38. The fourth-order valence-electron chi connectivity index (χ4n) is 1.18. The molecule has 1 aliphatic heterocycles. The van der Waals surface area contributed by atoms with E-state index >= 15 is 0 Å². The molecule has 0 saturated carbocycles. The van der Waals surface area contributed by atoms with E-state index in [0.29, 0.717) is 6.54 Å². The lowest BCUT2D eigenvalue weighted by Gasteiger charge is -2.22. The van der Waals surface area contributed by atoms with Crippen molar-refractivity contribution in [2.75, 3.05) is 13.2 Å². The van der Waals surface area contributed by atoms with Crippen LogP contribution in [0.5, 0.6) is 0 Å². The van der Waals surface area contributed by atoms with Crippen molar-refractivity contribution in [3.05, 3.63) is 0 Å². The molecule has 0 aromatic rings. The van der Waals surface area contributed by atoms with Crippen molar-refractivity contribution in [3.63, 3.8) is 0 Å². The van der Waals surface area contributed by atoms with Gasteiger partial charge in [0, 0.05) is 13.2 Å². The molecule has 0 bridgehead atoms. The summed E-state index contributed by atoms with van der Waals surface area (Å²) in [5.74, 6) is 0. The third-order valence-corrected chi connectivity index (χ3v) is 2.36.